The molecule has 18 heavy (non-hydrogen) atoms. The van der Waals surface area contributed by atoms with Crippen LogP contribution in [0.4, 0.5) is 0 Å². The highest BCUT2D eigenvalue weighted by Gasteiger charge is 2.13. The van der Waals surface area contributed by atoms with Crippen LogP contribution in [0, 0.1) is 0 Å². The second kappa shape index (κ2) is 5.57. The molecule has 0 amide bonds. The van der Waals surface area contributed by atoms with Gasteiger partial charge in [0.05, 0.1) is 0 Å². The van der Waals surface area contributed by atoms with Crippen LogP contribution in [-0.2, 0) is 0 Å². The number of aliphatic hydroxyl groups is 1. The minimum Gasteiger partial charge on any atom is -0.458 e. The molecule has 0 bridgehead atoms. The minimum atomic E-state index is -0.477. The van der Waals surface area contributed by atoms with Crippen LogP contribution in [-0.4, -0.2) is 5.11 Å². The Morgan fingerprint density at radius 1 is 1.22 bits per heavy atom. The molecular weight excluding hydrogens is 224 g/mol. The normalized spacial score (nSPS) is 14.9. The summed E-state index contributed by atoms with van der Waals surface area (Å²) < 4.78 is 5.70. The summed E-state index contributed by atoms with van der Waals surface area (Å²) in [5.74, 6) is 1.25. The first-order valence-electron chi connectivity index (χ1n) is 6.87. The van der Waals surface area contributed by atoms with Gasteiger partial charge in [0.2, 0.25) is 0 Å². The maximum atomic E-state index is 9.95. The molecule has 0 aliphatic carbocycles. The summed E-state index contributed by atoms with van der Waals surface area (Å²) in [6, 6.07) is 8.28. The van der Waals surface area contributed by atoms with Crippen LogP contribution in [0.25, 0.3) is 11.0 Å². The lowest BCUT2D eigenvalue weighted by atomic mass is 9.97. The third kappa shape index (κ3) is 2.59. The number of furan rings is 1. The monoisotopic (exact) mass is 246 g/mol. The van der Waals surface area contributed by atoms with Gasteiger partial charge in [0.25, 0.3) is 0 Å². The zero-order chi connectivity index (χ0) is 13.1. The Bertz CT molecular complexity index is 513. The first-order chi connectivity index (χ1) is 8.65. The van der Waals surface area contributed by atoms with Crippen LogP contribution in [0.3, 0.4) is 0 Å². The molecule has 1 aromatic carbocycles. The summed E-state index contributed by atoms with van der Waals surface area (Å²) >= 11 is 0. The first kappa shape index (κ1) is 13.2. The number of benzene rings is 1. The number of hydrogen-bond acceptors (Lipinski definition) is 2. The predicted octanol–water partition coefficient (Wildman–Crippen LogP) is 4.78. The van der Waals surface area contributed by atoms with E-state index in [2.05, 4.69) is 32.9 Å². The third-order valence-electron chi connectivity index (χ3n) is 3.63. The molecule has 0 spiro atoms. The van der Waals surface area contributed by atoms with Gasteiger partial charge in [-0.3, -0.25) is 0 Å². The molecule has 2 heteroatoms. The lowest BCUT2D eigenvalue weighted by Gasteiger charge is -2.07. The van der Waals surface area contributed by atoms with Crippen molar-refractivity contribution in [1.82, 2.24) is 0 Å². The molecule has 0 aliphatic rings. The van der Waals surface area contributed by atoms with Crippen molar-refractivity contribution in [2.24, 2.45) is 0 Å². The Balaban J connectivity index is 2.33. The van der Waals surface area contributed by atoms with Crippen molar-refractivity contribution >= 4 is 11.0 Å². The van der Waals surface area contributed by atoms with Crippen molar-refractivity contribution in [1.29, 1.82) is 0 Å². The Kier molecular flexibility index (Phi) is 4.07. The van der Waals surface area contributed by atoms with Crippen LogP contribution >= 0.6 is 0 Å². The van der Waals surface area contributed by atoms with E-state index in [-0.39, 0.29) is 0 Å². The average Bonchev–Trinajstić information content (AvgIpc) is 2.80. The third-order valence-corrected chi connectivity index (χ3v) is 3.63. The molecule has 0 saturated heterocycles. The van der Waals surface area contributed by atoms with E-state index in [1.165, 1.54) is 5.56 Å². The molecule has 1 heterocycles. The highest BCUT2D eigenvalue weighted by Crippen LogP contribution is 2.29. The van der Waals surface area contributed by atoms with Crippen molar-refractivity contribution in [2.45, 2.75) is 52.1 Å². The largest absolute Gasteiger partial charge is 0.458 e. The zero-order valence-corrected chi connectivity index (χ0v) is 11.4. The van der Waals surface area contributed by atoms with Crippen molar-refractivity contribution in [2.75, 3.05) is 0 Å². The summed E-state index contributed by atoms with van der Waals surface area (Å²) in [5.41, 5.74) is 2.20. The van der Waals surface area contributed by atoms with Gasteiger partial charge >= 0.3 is 0 Å². The maximum absolute atomic E-state index is 9.95. The summed E-state index contributed by atoms with van der Waals surface area (Å²) in [5, 5.41) is 11.0. The highest BCUT2D eigenvalue weighted by atomic mass is 16.4. The summed E-state index contributed by atoms with van der Waals surface area (Å²) in [7, 11) is 0. The van der Waals surface area contributed by atoms with Gasteiger partial charge < -0.3 is 9.52 Å². The van der Waals surface area contributed by atoms with Crippen LogP contribution in [0.1, 0.15) is 63.4 Å². The van der Waals surface area contributed by atoms with Crippen molar-refractivity contribution in [3.63, 3.8) is 0 Å². The Hall–Kier alpha value is -1.28. The SMILES string of the molecule is CCCC(O)c1cc2cc(C(C)CC)ccc2o1. The molecule has 1 aromatic heterocycles. The number of aliphatic hydroxyl groups excluding tert-OH is 1. The topological polar surface area (TPSA) is 33.4 Å². The lowest BCUT2D eigenvalue weighted by Crippen LogP contribution is -1.93. The molecule has 0 aliphatic heterocycles. The summed E-state index contributed by atoms with van der Waals surface area (Å²) in [4.78, 5) is 0. The van der Waals surface area contributed by atoms with Crippen molar-refractivity contribution in [3.8, 4) is 0 Å². The van der Waals surface area contributed by atoms with Crippen LogP contribution < -0.4 is 0 Å². The van der Waals surface area contributed by atoms with Gasteiger partial charge in [0.1, 0.15) is 17.4 Å². The molecule has 1 N–H and O–H groups in total. The summed E-state index contributed by atoms with van der Waals surface area (Å²) in [6.07, 6.45) is 2.36. The molecule has 2 aromatic rings. The molecular formula is C16H22O2. The van der Waals surface area contributed by atoms with Crippen molar-refractivity contribution in [3.05, 3.63) is 35.6 Å². The van der Waals surface area contributed by atoms with Crippen LogP contribution in [0.5, 0.6) is 0 Å². The van der Waals surface area contributed by atoms with E-state index in [4.69, 9.17) is 4.42 Å². The van der Waals surface area contributed by atoms with Gasteiger partial charge in [-0.2, -0.15) is 0 Å². The maximum Gasteiger partial charge on any atom is 0.134 e. The Labute approximate surface area is 109 Å². The Morgan fingerprint density at radius 3 is 2.67 bits per heavy atom. The summed E-state index contributed by atoms with van der Waals surface area (Å²) in [6.45, 7) is 6.49. The van der Waals surface area contributed by atoms with E-state index in [1.54, 1.807) is 0 Å². The van der Waals surface area contributed by atoms with Gasteiger partial charge in [-0.05, 0) is 42.5 Å². The molecule has 0 saturated carbocycles. The second-order valence-corrected chi connectivity index (χ2v) is 5.06. The predicted molar refractivity (Wildman–Crippen MR) is 74.8 cm³/mol. The van der Waals surface area contributed by atoms with Gasteiger partial charge in [0, 0.05) is 5.39 Å². The highest BCUT2D eigenvalue weighted by molar-refractivity contribution is 5.79. The fourth-order valence-corrected chi connectivity index (χ4v) is 2.20. The lowest BCUT2D eigenvalue weighted by molar-refractivity contribution is 0.141. The molecule has 2 unspecified atom stereocenters. The second-order valence-electron chi connectivity index (χ2n) is 5.06. The molecule has 0 fully saturated rings. The minimum absolute atomic E-state index is 0.477. The van der Waals surface area contributed by atoms with Crippen LogP contribution in [0.2, 0.25) is 0 Å². The van der Waals surface area contributed by atoms with Gasteiger partial charge in [-0.25, -0.2) is 0 Å². The van der Waals surface area contributed by atoms with E-state index in [0.717, 1.165) is 30.2 Å². The fraction of sp³-hybridized carbons (Fsp3) is 0.500. The Morgan fingerprint density at radius 2 is 2.00 bits per heavy atom. The van der Waals surface area contributed by atoms with E-state index in [9.17, 15) is 5.11 Å². The first-order valence-corrected chi connectivity index (χ1v) is 6.87. The van der Waals surface area contributed by atoms with Crippen LogP contribution in [0.15, 0.2) is 28.7 Å². The van der Waals surface area contributed by atoms with E-state index in [0.29, 0.717) is 11.7 Å². The standard InChI is InChI=1S/C16H22O2/c1-4-6-14(17)16-10-13-9-12(11(3)5-2)7-8-15(13)18-16/h7-11,14,17H,4-6H2,1-3H3. The van der Waals surface area contributed by atoms with Crippen molar-refractivity contribution < 1.29 is 9.52 Å². The van der Waals surface area contributed by atoms with Gasteiger partial charge in [0.15, 0.2) is 0 Å². The van der Waals surface area contributed by atoms with E-state index in [1.807, 2.05) is 12.1 Å². The smallest absolute Gasteiger partial charge is 0.134 e. The van der Waals surface area contributed by atoms with E-state index >= 15 is 0 Å². The number of fused-ring (bicyclic) bond motifs is 1. The molecule has 2 atom stereocenters. The molecule has 2 nitrogen and oxygen atoms in total. The quantitative estimate of drug-likeness (QED) is 0.823. The molecule has 0 radical (unpaired) electrons. The molecule has 2 rings (SSSR count). The van der Waals surface area contributed by atoms with Gasteiger partial charge in [-0.1, -0.05) is 33.3 Å². The average molecular weight is 246 g/mol. The fourth-order valence-electron chi connectivity index (χ4n) is 2.20. The number of rotatable bonds is 5. The molecule has 98 valence electrons. The zero-order valence-electron chi connectivity index (χ0n) is 11.4. The van der Waals surface area contributed by atoms with E-state index < -0.39 is 6.10 Å². The van der Waals surface area contributed by atoms with Gasteiger partial charge in [-0.15, -0.1) is 0 Å². The number of hydrogen-bond donors (Lipinski definition) is 1.